The molecular formula is C15H11FIN3. The fraction of sp³-hybridized carbons (Fsp3) is 0.0667. The van der Waals surface area contributed by atoms with Crippen LogP contribution in [0, 0.1) is 9.39 Å². The molecule has 0 aliphatic rings. The van der Waals surface area contributed by atoms with Crippen LogP contribution in [0.2, 0.25) is 0 Å². The van der Waals surface area contributed by atoms with Crippen molar-refractivity contribution >= 4 is 22.6 Å². The summed E-state index contributed by atoms with van der Waals surface area (Å²) in [4.78, 5) is 4.31. The zero-order valence-electron chi connectivity index (χ0n) is 10.5. The van der Waals surface area contributed by atoms with Crippen molar-refractivity contribution in [2.75, 3.05) is 0 Å². The van der Waals surface area contributed by atoms with E-state index in [1.807, 2.05) is 24.3 Å². The van der Waals surface area contributed by atoms with Crippen molar-refractivity contribution in [2.45, 2.75) is 6.54 Å². The summed E-state index contributed by atoms with van der Waals surface area (Å²) in [5.41, 5.74) is 1.98. The van der Waals surface area contributed by atoms with Gasteiger partial charge in [0.1, 0.15) is 12.1 Å². The molecule has 2 aromatic carbocycles. The second-order valence-electron chi connectivity index (χ2n) is 4.40. The van der Waals surface area contributed by atoms with E-state index in [-0.39, 0.29) is 5.82 Å². The molecule has 0 bridgehead atoms. The highest BCUT2D eigenvalue weighted by molar-refractivity contribution is 14.1. The van der Waals surface area contributed by atoms with E-state index in [1.54, 1.807) is 23.1 Å². The highest BCUT2D eigenvalue weighted by atomic mass is 127. The standard InChI is InChI=1S/C15H11FIN3/c16-13-5-1-11(2-6-13)9-20-10-18-15(19-20)12-3-7-14(17)8-4-12/h1-8,10H,9H2. The van der Waals surface area contributed by atoms with Gasteiger partial charge in [-0.3, -0.25) is 0 Å². The second-order valence-corrected chi connectivity index (χ2v) is 5.64. The smallest absolute Gasteiger partial charge is 0.181 e. The first-order chi connectivity index (χ1) is 9.70. The Balaban J connectivity index is 1.80. The van der Waals surface area contributed by atoms with Crippen LogP contribution in [-0.4, -0.2) is 14.8 Å². The van der Waals surface area contributed by atoms with E-state index >= 15 is 0 Å². The third kappa shape index (κ3) is 3.04. The average Bonchev–Trinajstić information content (AvgIpc) is 2.91. The molecule has 3 aromatic rings. The van der Waals surface area contributed by atoms with Gasteiger partial charge in [0.25, 0.3) is 0 Å². The van der Waals surface area contributed by atoms with Gasteiger partial charge in [-0.05, 0) is 52.4 Å². The lowest BCUT2D eigenvalue weighted by molar-refractivity contribution is 0.624. The van der Waals surface area contributed by atoms with E-state index in [2.05, 4.69) is 32.7 Å². The summed E-state index contributed by atoms with van der Waals surface area (Å²) >= 11 is 2.26. The number of hydrogen-bond acceptors (Lipinski definition) is 2. The minimum Gasteiger partial charge on any atom is -0.248 e. The summed E-state index contributed by atoms with van der Waals surface area (Å²) in [6.07, 6.45) is 1.69. The van der Waals surface area contributed by atoms with Crippen LogP contribution in [0.15, 0.2) is 54.9 Å². The number of nitrogens with zero attached hydrogens (tertiary/aromatic N) is 3. The van der Waals surface area contributed by atoms with Gasteiger partial charge in [-0.25, -0.2) is 14.1 Å². The fourth-order valence-corrected chi connectivity index (χ4v) is 2.24. The predicted octanol–water partition coefficient (Wildman–Crippen LogP) is 3.74. The highest BCUT2D eigenvalue weighted by Gasteiger charge is 2.04. The molecule has 0 N–H and O–H groups in total. The molecule has 1 heterocycles. The van der Waals surface area contributed by atoms with Crippen LogP contribution in [0.3, 0.4) is 0 Å². The van der Waals surface area contributed by atoms with Gasteiger partial charge >= 0.3 is 0 Å². The molecule has 0 aliphatic carbocycles. The lowest BCUT2D eigenvalue weighted by atomic mass is 10.2. The van der Waals surface area contributed by atoms with Gasteiger partial charge in [0, 0.05) is 9.13 Å². The van der Waals surface area contributed by atoms with Crippen LogP contribution in [0.5, 0.6) is 0 Å². The number of aromatic nitrogens is 3. The Bertz CT molecular complexity index is 705. The molecule has 1 aromatic heterocycles. The van der Waals surface area contributed by atoms with Gasteiger partial charge in [0.05, 0.1) is 6.54 Å². The van der Waals surface area contributed by atoms with E-state index in [9.17, 15) is 4.39 Å². The summed E-state index contributed by atoms with van der Waals surface area (Å²) in [5.74, 6) is 0.468. The fourth-order valence-electron chi connectivity index (χ4n) is 1.88. The van der Waals surface area contributed by atoms with Gasteiger partial charge in [0.15, 0.2) is 5.82 Å². The van der Waals surface area contributed by atoms with Gasteiger partial charge in [0.2, 0.25) is 0 Å². The molecule has 0 aliphatic heterocycles. The average molecular weight is 379 g/mol. The van der Waals surface area contributed by atoms with Crippen molar-refractivity contribution in [1.82, 2.24) is 14.8 Å². The zero-order valence-corrected chi connectivity index (χ0v) is 12.7. The molecule has 3 nitrogen and oxygen atoms in total. The summed E-state index contributed by atoms with van der Waals surface area (Å²) in [7, 11) is 0. The van der Waals surface area contributed by atoms with E-state index in [0.29, 0.717) is 12.4 Å². The molecule has 0 saturated carbocycles. The molecule has 0 atom stereocenters. The van der Waals surface area contributed by atoms with E-state index in [1.165, 1.54) is 15.7 Å². The Morgan fingerprint density at radius 2 is 1.70 bits per heavy atom. The van der Waals surface area contributed by atoms with Crippen molar-refractivity contribution < 1.29 is 4.39 Å². The van der Waals surface area contributed by atoms with Crippen molar-refractivity contribution in [2.24, 2.45) is 0 Å². The summed E-state index contributed by atoms with van der Waals surface area (Å²) in [5, 5.41) is 4.44. The number of rotatable bonds is 3. The molecule has 0 fully saturated rings. The first-order valence-electron chi connectivity index (χ1n) is 6.10. The predicted molar refractivity (Wildman–Crippen MR) is 83.7 cm³/mol. The third-order valence-corrected chi connectivity index (χ3v) is 3.62. The van der Waals surface area contributed by atoms with Crippen LogP contribution in [0.25, 0.3) is 11.4 Å². The molecule has 0 amide bonds. The van der Waals surface area contributed by atoms with Crippen molar-refractivity contribution in [3.05, 3.63) is 69.8 Å². The van der Waals surface area contributed by atoms with Gasteiger partial charge in [-0.2, -0.15) is 5.10 Å². The molecule has 20 heavy (non-hydrogen) atoms. The maximum atomic E-state index is 12.8. The topological polar surface area (TPSA) is 30.7 Å². The maximum Gasteiger partial charge on any atom is 0.181 e. The Morgan fingerprint density at radius 1 is 1.00 bits per heavy atom. The Kier molecular flexibility index (Phi) is 3.77. The first kappa shape index (κ1) is 13.2. The largest absolute Gasteiger partial charge is 0.248 e. The van der Waals surface area contributed by atoms with Gasteiger partial charge in [-0.1, -0.05) is 24.3 Å². The van der Waals surface area contributed by atoms with E-state index in [4.69, 9.17) is 0 Å². The van der Waals surface area contributed by atoms with Crippen molar-refractivity contribution in [3.8, 4) is 11.4 Å². The van der Waals surface area contributed by atoms with Crippen molar-refractivity contribution in [1.29, 1.82) is 0 Å². The Morgan fingerprint density at radius 3 is 2.40 bits per heavy atom. The van der Waals surface area contributed by atoms with Crippen LogP contribution < -0.4 is 0 Å². The highest BCUT2D eigenvalue weighted by Crippen LogP contribution is 2.16. The Labute approximate surface area is 129 Å². The molecule has 0 unspecified atom stereocenters. The lowest BCUT2D eigenvalue weighted by Crippen LogP contribution is -2.00. The molecule has 3 rings (SSSR count). The minimum atomic E-state index is -0.230. The van der Waals surface area contributed by atoms with E-state index < -0.39 is 0 Å². The number of halogens is 2. The SMILES string of the molecule is Fc1ccc(Cn2cnc(-c3ccc(I)cc3)n2)cc1. The third-order valence-electron chi connectivity index (χ3n) is 2.90. The van der Waals surface area contributed by atoms with Gasteiger partial charge in [-0.15, -0.1) is 0 Å². The molecule has 0 radical (unpaired) electrons. The summed E-state index contributed by atoms with van der Waals surface area (Å²) < 4.78 is 15.8. The maximum absolute atomic E-state index is 12.8. The van der Waals surface area contributed by atoms with Crippen LogP contribution in [0.1, 0.15) is 5.56 Å². The summed E-state index contributed by atoms with van der Waals surface area (Å²) in [6.45, 7) is 0.581. The van der Waals surface area contributed by atoms with Crippen LogP contribution in [-0.2, 0) is 6.54 Å². The number of benzene rings is 2. The van der Waals surface area contributed by atoms with E-state index in [0.717, 1.165) is 11.1 Å². The Hall–Kier alpha value is -1.76. The molecule has 0 saturated heterocycles. The van der Waals surface area contributed by atoms with Gasteiger partial charge < -0.3 is 0 Å². The normalized spacial score (nSPS) is 10.7. The van der Waals surface area contributed by atoms with Crippen LogP contribution >= 0.6 is 22.6 Å². The minimum absolute atomic E-state index is 0.230. The molecule has 100 valence electrons. The monoisotopic (exact) mass is 379 g/mol. The second kappa shape index (κ2) is 5.70. The molecular weight excluding hydrogens is 368 g/mol. The lowest BCUT2D eigenvalue weighted by Gasteiger charge is -2.00. The zero-order chi connectivity index (χ0) is 13.9. The summed E-state index contributed by atoms with van der Waals surface area (Å²) in [6, 6.07) is 14.5. The first-order valence-corrected chi connectivity index (χ1v) is 7.18. The molecule has 5 heteroatoms. The number of hydrogen-bond donors (Lipinski definition) is 0. The van der Waals surface area contributed by atoms with Crippen molar-refractivity contribution in [3.63, 3.8) is 0 Å². The quantitative estimate of drug-likeness (QED) is 0.650. The van der Waals surface area contributed by atoms with Crippen LogP contribution in [0.4, 0.5) is 4.39 Å². The molecule has 0 spiro atoms.